The molecular formula is C17H23N3OS. The SMILES string of the molecule is COCCc1nsc(N2CCCC2c2cccc(C)c2C)n1. The number of hydrogen-bond acceptors (Lipinski definition) is 5. The molecule has 2 heterocycles. The molecule has 0 amide bonds. The van der Waals surface area contributed by atoms with E-state index in [4.69, 9.17) is 9.72 Å². The van der Waals surface area contributed by atoms with E-state index in [0.29, 0.717) is 12.6 Å². The van der Waals surface area contributed by atoms with Gasteiger partial charge in [0.05, 0.1) is 12.6 Å². The van der Waals surface area contributed by atoms with Crippen molar-refractivity contribution in [3.8, 4) is 0 Å². The van der Waals surface area contributed by atoms with E-state index < -0.39 is 0 Å². The van der Waals surface area contributed by atoms with Gasteiger partial charge in [-0.2, -0.15) is 4.37 Å². The fraction of sp³-hybridized carbons (Fsp3) is 0.529. The van der Waals surface area contributed by atoms with Gasteiger partial charge in [-0.05, 0) is 43.4 Å². The summed E-state index contributed by atoms with van der Waals surface area (Å²) < 4.78 is 9.59. The molecule has 1 unspecified atom stereocenters. The predicted molar refractivity (Wildman–Crippen MR) is 90.7 cm³/mol. The highest BCUT2D eigenvalue weighted by molar-refractivity contribution is 7.09. The minimum atomic E-state index is 0.433. The highest BCUT2D eigenvalue weighted by Crippen LogP contribution is 2.38. The Morgan fingerprint density at radius 1 is 1.36 bits per heavy atom. The molecule has 118 valence electrons. The molecule has 1 atom stereocenters. The van der Waals surface area contributed by atoms with Crippen molar-refractivity contribution in [2.75, 3.05) is 25.2 Å². The maximum Gasteiger partial charge on any atom is 0.205 e. The molecule has 22 heavy (non-hydrogen) atoms. The van der Waals surface area contributed by atoms with E-state index >= 15 is 0 Å². The number of aromatic nitrogens is 2. The molecule has 1 aromatic carbocycles. The van der Waals surface area contributed by atoms with Crippen LogP contribution in [0.4, 0.5) is 5.13 Å². The van der Waals surface area contributed by atoms with E-state index in [2.05, 4.69) is 41.3 Å². The Labute approximate surface area is 136 Å². The molecular weight excluding hydrogens is 294 g/mol. The standard InChI is InChI=1S/C17H23N3OS/c1-12-6-4-7-14(13(12)2)15-8-5-10-20(15)17-18-16(19-22-17)9-11-21-3/h4,6-7,15H,5,8-11H2,1-3H3. The number of ether oxygens (including phenoxy) is 1. The van der Waals surface area contributed by atoms with Crippen LogP contribution in [-0.4, -0.2) is 29.6 Å². The lowest BCUT2D eigenvalue weighted by molar-refractivity contribution is 0.201. The second kappa shape index (κ2) is 6.75. The largest absolute Gasteiger partial charge is 0.384 e. The smallest absolute Gasteiger partial charge is 0.205 e. The van der Waals surface area contributed by atoms with Crippen LogP contribution in [0.15, 0.2) is 18.2 Å². The number of rotatable bonds is 5. The van der Waals surface area contributed by atoms with Crippen LogP contribution in [0.1, 0.15) is 41.4 Å². The minimum Gasteiger partial charge on any atom is -0.384 e. The molecule has 5 heteroatoms. The van der Waals surface area contributed by atoms with Crippen LogP contribution in [0.3, 0.4) is 0 Å². The molecule has 1 aliphatic rings. The zero-order valence-electron chi connectivity index (χ0n) is 13.5. The van der Waals surface area contributed by atoms with Crippen molar-refractivity contribution >= 4 is 16.7 Å². The lowest BCUT2D eigenvalue weighted by atomic mass is 9.96. The van der Waals surface area contributed by atoms with Crippen LogP contribution in [0.25, 0.3) is 0 Å². The summed E-state index contributed by atoms with van der Waals surface area (Å²) in [4.78, 5) is 7.14. The molecule has 0 radical (unpaired) electrons. The fourth-order valence-electron chi connectivity index (χ4n) is 3.11. The molecule has 1 fully saturated rings. The zero-order chi connectivity index (χ0) is 15.5. The molecule has 0 bridgehead atoms. The van der Waals surface area contributed by atoms with Crippen LogP contribution in [0.5, 0.6) is 0 Å². The molecule has 1 aliphatic heterocycles. The lowest BCUT2D eigenvalue weighted by Gasteiger charge is -2.26. The molecule has 3 rings (SSSR count). The second-order valence-electron chi connectivity index (χ2n) is 5.88. The third kappa shape index (κ3) is 3.01. The molecule has 0 N–H and O–H groups in total. The van der Waals surface area contributed by atoms with E-state index in [0.717, 1.165) is 23.9 Å². The summed E-state index contributed by atoms with van der Waals surface area (Å²) in [5, 5.41) is 1.05. The quantitative estimate of drug-likeness (QED) is 0.843. The van der Waals surface area contributed by atoms with Crippen LogP contribution in [0, 0.1) is 13.8 Å². The molecule has 4 nitrogen and oxygen atoms in total. The van der Waals surface area contributed by atoms with Crippen molar-refractivity contribution in [1.29, 1.82) is 0 Å². The highest BCUT2D eigenvalue weighted by Gasteiger charge is 2.29. The maximum absolute atomic E-state index is 5.11. The van der Waals surface area contributed by atoms with E-state index in [1.807, 2.05) is 0 Å². The van der Waals surface area contributed by atoms with Crippen molar-refractivity contribution < 1.29 is 4.74 Å². The Kier molecular flexibility index (Phi) is 4.74. The monoisotopic (exact) mass is 317 g/mol. The molecule has 0 saturated carbocycles. The van der Waals surface area contributed by atoms with Gasteiger partial charge in [-0.15, -0.1) is 0 Å². The Morgan fingerprint density at radius 3 is 3.05 bits per heavy atom. The van der Waals surface area contributed by atoms with E-state index in [1.54, 1.807) is 7.11 Å². The first-order valence-electron chi connectivity index (χ1n) is 7.85. The van der Waals surface area contributed by atoms with Gasteiger partial charge in [-0.1, -0.05) is 18.2 Å². The van der Waals surface area contributed by atoms with Crippen LogP contribution < -0.4 is 4.90 Å². The van der Waals surface area contributed by atoms with Crippen molar-refractivity contribution in [1.82, 2.24) is 9.36 Å². The molecule has 1 saturated heterocycles. The summed E-state index contributed by atoms with van der Waals surface area (Å²) >= 11 is 1.51. The summed E-state index contributed by atoms with van der Waals surface area (Å²) in [6.45, 7) is 6.16. The Balaban J connectivity index is 1.84. The first kappa shape index (κ1) is 15.4. The maximum atomic E-state index is 5.11. The van der Waals surface area contributed by atoms with Gasteiger partial charge in [0, 0.05) is 31.6 Å². The normalized spacial score (nSPS) is 18.1. The number of benzene rings is 1. The number of hydrogen-bond donors (Lipinski definition) is 0. The topological polar surface area (TPSA) is 38.2 Å². The molecule has 0 spiro atoms. The zero-order valence-corrected chi connectivity index (χ0v) is 14.3. The number of methoxy groups -OCH3 is 1. The predicted octanol–water partition coefficient (Wildman–Crippen LogP) is 3.69. The van der Waals surface area contributed by atoms with Gasteiger partial charge in [0.15, 0.2) is 0 Å². The van der Waals surface area contributed by atoms with E-state index in [1.165, 1.54) is 41.1 Å². The average molecular weight is 317 g/mol. The highest BCUT2D eigenvalue weighted by atomic mass is 32.1. The summed E-state index contributed by atoms with van der Waals surface area (Å²) in [7, 11) is 1.71. The number of aryl methyl sites for hydroxylation is 1. The fourth-order valence-corrected chi connectivity index (χ4v) is 3.90. The Morgan fingerprint density at radius 2 is 2.23 bits per heavy atom. The van der Waals surface area contributed by atoms with Gasteiger partial charge >= 0.3 is 0 Å². The van der Waals surface area contributed by atoms with Crippen molar-refractivity contribution in [3.05, 3.63) is 40.7 Å². The average Bonchev–Trinajstić information content (AvgIpc) is 3.16. The van der Waals surface area contributed by atoms with Crippen molar-refractivity contribution in [3.63, 3.8) is 0 Å². The molecule has 0 aliphatic carbocycles. The van der Waals surface area contributed by atoms with Gasteiger partial charge in [0.1, 0.15) is 5.82 Å². The van der Waals surface area contributed by atoms with Crippen molar-refractivity contribution in [2.45, 2.75) is 39.2 Å². The van der Waals surface area contributed by atoms with Gasteiger partial charge in [0.2, 0.25) is 5.13 Å². The first-order valence-corrected chi connectivity index (χ1v) is 8.62. The molecule has 2 aromatic rings. The second-order valence-corrected chi connectivity index (χ2v) is 6.61. The number of nitrogens with zero attached hydrogens (tertiary/aromatic N) is 3. The molecule has 1 aromatic heterocycles. The summed E-state index contributed by atoms with van der Waals surface area (Å²) in [6, 6.07) is 7.05. The lowest BCUT2D eigenvalue weighted by Crippen LogP contribution is -2.23. The van der Waals surface area contributed by atoms with Crippen LogP contribution >= 0.6 is 11.5 Å². The number of anilines is 1. The van der Waals surface area contributed by atoms with Crippen molar-refractivity contribution in [2.24, 2.45) is 0 Å². The Bertz CT molecular complexity index is 641. The van der Waals surface area contributed by atoms with Gasteiger partial charge in [-0.3, -0.25) is 0 Å². The Hall–Kier alpha value is -1.46. The van der Waals surface area contributed by atoms with E-state index in [-0.39, 0.29) is 0 Å². The first-order chi connectivity index (χ1) is 10.7. The third-order valence-corrected chi connectivity index (χ3v) is 5.28. The minimum absolute atomic E-state index is 0.433. The summed E-state index contributed by atoms with van der Waals surface area (Å²) in [5.74, 6) is 0.897. The van der Waals surface area contributed by atoms with Gasteiger partial charge in [-0.25, -0.2) is 4.98 Å². The summed E-state index contributed by atoms with van der Waals surface area (Å²) in [6.07, 6.45) is 3.19. The van der Waals surface area contributed by atoms with Crippen LogP contribution in [-0.2, 0) is 11.2 Å². The van der Waals surface area contributed by atoms with E-state index in [9.17, 15) is 0 Å². The van der Waals surface area contributed by atoms with Crippen LogP contribution in [0.2, 0.25) is 0 Å². The van der Waals surface area contributed by atoms with Gasteiger partial charge in [0.25, 0.3) is 0 Å². The van der Waals surface area contributed by atoms with Gasteiger partial charge < -0.3 is 9.64 Å². The summed E-state index contributed by atoms with van der Waals surface area (Å²) in [5.41, 5.74) is 4.21. The third-order valence-electron chi connectivity index (χ3n) is 4.49.